The Morgan fingerprint density at radius 2 is 2.12 bits per heavy atom. The maximum absolute atomic E-state index is 11.6. The molecular weight excluding hydrogens is 208 g/mol. The first-order chi connectivity index (χ1) is 7.58. The van der Waals surface area contributed by atoms with E-state index >= 15 is 0 Å². The van der Waals surface area contributed by atoms with E-state index in [9.17, 15) is 9.59 Å². The van der Waals surface area contributed by atoms with Crippen molar-refractivity contribution in [2.75, 3.05) is 0 Å². The summed E-state index contributed by atoms with van der Waals surface area (Å²) in [5.74, 6) is -0.572. The third-order valence-electron chi connectivity index (χ3n) is 2.17. The third-order valence-corrected chi connectivity index (χ3v) is 2.17. The topological polar surface area (TPSA) is 82.9 Å². The number of pyridine rings is 1. The molecule has 0 saturated carbocycles. The normalized spacial score (nSPS) is 10.3. The summed E-state index contributed by atoms with van der Waals surface area (Å²) in [4.78, 5) is 22.6. The number of nitrogens with two attached hydrogens (primary N) is 1. The van der Waals surface area contributed by atoms with Crippen molar-refractivity contribution in [1.82, 2.24) is 14.3 Å². The molecule has 2 aromatic rings. The molecule has 0 atom stereocenters. The van der Waals surface area contributed by atoms with Crippen molar-refractivity contribution in [3.63, 3.8) is 0 Å². The van der Waals surface area contributed by atoms with Gasteiger partial charge in [-0.2, -0.15) is 5.10 Å². The largest absolute Gasteiger partial charge is 0.366 e. The van der Waals surface area contributed by atoms with Gasteiger partial charge in [0.25, 0.3) is 5.56 Å². The molecule has 2 N–H and O–H groups in total. The van der Waals surface area contributed by atoms with Crippen molar-refractivity contribution in [1.29, 1.82) is 0 Å². The molecule has 0 aliphatic rings. The highest BCUT2D eigenvalue weighted by atomic mass is 16.1. The third kappa shape index (κ3) is 1.72. The van der Waals surface area contributed by atoms with Gasteiger partial charge in [-0.3, -0.25) is 18.8 Å². The van der Waals surface area contributed by atoms with Gasteiger partial charge in [0, 0.05) is 25.5 Å². The number of rotatable bonds is 2. The Morgan fingerprint density at radius 1 is 1.38 bits per heavy atom. The molecule has 0 bridgehead atoms. The lowest BCUT2D eigenvalue weighted by atomic mass is 10.2. The molecule has 6 nitrogen and oxygen atoms in total. The second-order valence-corrected chi connectivity index (χ2v) is 3.36. The van der Waals surface area contributed by atoms with Gasteiger partial charge in [0.05, 0.1) is 17.4 Å². The summed E-state index contributed by atoms with van der Waals surface area (Å²) in [7, 11) is 1.74. The van der Waals surface area contributed by atoms with Crippen LogP contribution in [0.1, 0.15) is 10.4 Å². The van der Waals surface area contributed by atoms with Gasteiger partial charge in [-0.25, -0.2) is 0 Å². The minimum absolute atomic E-state index is 0.238. The van der Waals surface area contributed by atoms with E-state index in [4.69, 9.17) is 5.73 Å². The van der Waals surface area contributed by atoms with Crippen LogP contribution in [-0.4, -0.2) is 20.3 Å². The first-order valence-corrected chi connectivity index (χ1v) is 4.59. The predicted molar refractivity (Wildman–Crippen MR) is 57.3 cm³/mol. The van der Waals surface area contributed by atoms with Gasteiger partial charge in [0.1, 0.15) is 0 Å². The van der Waals surface area contributed by atoms with Gasteiger partial charge < -0.3 is 5.73 Å². The molecule has 6 heteroatoms. The number of hydrogen-bond donors (Lipinski definition) is 1. The summed E-state index contributed by atoms with van der Waals surface area (Å²) in [6, 6.07) is 2.70. The molecule has 2 aromatic heterocycles. The van der Waals surface area contributed by atoms with Crippen molar-refractivity contribution in [2.24, 2.45) is 12.8 Å². The minimum Gasteiger partial charge on any atom is -0.366 e. The van der Waals surface area contributed by atoms with E-state index in [1.54, 1.807) is 17.9 Å². The molecular formula is C10H10N4O2. The van der Waals surface area contributed by atoms with Crippen molar-refractivity contribution in [3.8, 4) is 5.69 Å². The molecule has 0 spiro atoms. The van der Waals surface area contributed by atoms with Gasteiger partial charge in [0.15, 0.2) is 0 Å². The number of aryl methyl sites for hydroxylation is 1. The number of aromatic nitrogens is 3. The van der Waals surface area contributed by atoms with Gasteiger partial charge >= 0.3 is 0 Å². The molecule has 0 saturated heterocycles. The zero-order chi connectivity index (χ0) is 11.7. The van der Waals surface area contributed by atoms with Crippen LogP contribution in [0.3, 0.4) is 0 Å². The molecule has 2 heterocycles. The van der Waals surface area contributed by atoms with E-state index in [0.29, 0.717) is 5.69 Å². The number of nitrogens with zero attached hydrogens (tertiary/aromatic N) is 3. The molecule has 0 aromatic carbocycles. The number of primary amides is 1. The summed E-state index contributed by atoms with van der Waals surface area (Å²) in [5, 5.41) is 3.95. The Hall–Kier alpha value is -2.37. The van der Waals surface area contributed by atoms with Gasteiger partial charge in [0.2, 0.25) is 5.91 Å². The van der Waals surface area contributed by atoms with Crippen LogP contribution >= 0.6 is 0 Å². The summed E-state index contributed by atoms with van der Waals surface area (Å²) in [6.07, 6.45) is 4.61. The van der Waals surface area contributed by atoms with Crippen LogP contribution in [0, 0.1) is 0 Å². The lowest BCUT2D eigenvalue weighted by Gasteiger charge is -2.02. The van der Waals surface area contributed by atoms with E-state index in [2.05, 4.69) is 5.10 Å². The smallest absolute Gasteiger partial charge is 0.255 e. The SMILES string of the molecule is Cn1cc(-n2cc(C(N)=O)ccc2=O)cn1. The summed E-state index contributed by atoms with van der Waals surface area (Å²) < 4.78 is 2.89. The van der Waals surface area contributed by atoms with Gasteiger partial charge in [-0.15, -0.1) is 0 Å². The molecule has 0 aliphatic carbocycles. The maximum Gasteiger partial charge on any atom is 0.255 e. The zero-order valence-corrected chi connectivity index (χ0v) is 8.62. The van der Waals surface area contributed by atoms with Crippen molar-refractivity contribution < 1.29 is 4.79 Å². The Balaban J connectivity index is 2.60. The van der Waals surface area contributed by atoms with E-state index < -0.39 is 5.91 Å². The van der Waals surface area contributed by atoms with Gasteiger partial charge in [-0.1, -0.05) is 0 Å². The number of carbonyl (C=O) groups is 1. The van der Waals surface area contributed by atoms with Crippen LogP contribution in [0.2, 0.25) is 0 Å². The van der Waals surface area contributed by atoms with Crippen LogP contribution in [0.25, 0.3) is 5.69 Å². The van der Waals surface area contributed by atoms with E-state index in [1.165, 1.54) is 29.1 Å². The fourth-order valence-corrected chi connectivity index (χ4v) is 1.37. The van der Waals surface area contributed by atoms with Crippen LogP contribution in [-0.2, 0) is 7.05 Å². The van der Waals surface area contributed by atoms with Crippen molar-refractivity contribution in [2.45, 2.75) is 0 Å². The summed E-state index contributed by atoms with van der Waals surface area (Å²) in [6.45, 7) is 0. The molecule has 82 valence electrons. The van der Waals surface area contributed by atoms with Crippen LogP contribution < -0.4 is 11.3 Å². The Morgan fingerprint density at radius 3 is 2.69 bits per heavy atom. The Labute approximate surface area is 90.9 Å². The summed E-state index contributed by atoms with van der Waals surface area (Å²) >= 11 is 0. The van der Waals surface area contributed by atoms with Gasteiger partial charge in [-0.05, 0) is 6.07 Å². The highest BCUT2D eigenvalue weighted by Gasteiger charge is 2.06. The average Bonchev–Trinajstić information content (AvgIpc) is 2.65. The molecule has 16 heavy (non-hydrogen) atoms. The fourth-order valence-electron chi connectivity index (χ4n) is 1.37. The molecule has 1 amide bonds. The highest BCUT2D eigenvalue weighted by Crippen LogP contribution is 2.04. The maximum atomic E-state index is 11.6. The highest BCUT2D eigenvalue weighted by molar-refractivity contribution is 5.92. The predicted octanol–water partition coefficient (Wildman–Crippen LogP) is -0.330. The molecule has 0 aliphatic heterocycles. The van der Waals surface area contributed by atoms with Crippen molar-refractivity contribution >= 4 is 5.91 Å². The first kappa shape index (κ1) is 10.2. The number of carbonyl (C=O) groups excluding carboxylic acids is 1. The van der Waals surface area contributed by atoms with Crippen LogP contribution in [0.4, 0.5) is 0 Å². The first-order valence-electron chi connectivity index (χ1n) is 4.59. The summed E-state index contributed by atoms with van der Waals surface area (Å²) in [5.41, 5.74) is 5.78. The molecule has 2 rings (SSSR count). The zero-order valence-electron chi connectivity index (χ0n) is 8.62. The van der Waals surface area contributed by atoms with Crippen LogP contribution in [0.15, 0.2) is 35.5 Å². The minimum atomic E-state index is -0.572. The van der Waals surface area contributed by atoms with E-state index in [1.807, 2.05) is 0 Å². The lowest BCUT2D eigenvalue weighted by Crippen LogP contribution is -2.20. The average molecular weight is 218 g/mol. The van der Waals surface area contributed by atoms with E-state index in [-0.39, 0.29) is 11.1 Å². The second-order valence-electron chi connectivity index (χ2n) is 3.36. The monoisotopic (exact) mass is 218 g/mol. The second kappa shape index (κ2) is 3.65. The van der Waals surface area contributed by atoms with Crippen LogP contribution in [0.5, 0.6) is 0 Å². The number of amides is 1. The molecule has 0 fully saturated rings. The van der Waals surface area contributed by atoms with Crippen molar-refractivity contribution in [3.05, 3.63) is 46.6 Å². The number of hydrogen-bond acceptors (Lipinski definition) is 3. The van der Waals surface area contributed by atoms with E-state index in [0.717, 1.165) is 0 Å². The Bertz CT molecular complexity index is 597. The quantitative estimate of drug-likeness (QED) is 0.749. The lowest BCUT2D eigenvalue weighted by molar-refractivity contribution is 0.0999. The fraction of sp³-hybridized carbons (Fsp3) is 0.100. The Kier molecular flexibility index (Phi) is 2.32. The molecule has 0 radical (unpaired) electrons. The standard InChI is InChI=1S/C10H10N4O2/c1-13-6-8(4-12-13)14-5-7(10(11)16)2-3-9(14)15/h2-6H,1H3,(H2,11,16). The molecule has 0 unspecified atom stereocenters.